The highest BCUT2D eigenvalue weighted by molar-refractivity contribution is 5.96. The van der Waals surface area contributed by atoms with E-state index in [-0.39, 0.29) is 5.41 Å². The summed E-state index contributed by atoms with van der Waals surface area (Å²) in [4.78, 5) is 0. The van der Waals surface area contributed by atoms with Gasteiger partial charge in [0.2, 0.25) is 0 Å². The molecule has 2 heteroatoms. The van der Waals surface area contributed by atoms with Gasteiger partial charge in [0.1, 0.15) is 0 Å². The molecular weight excluding hydrogens is 488 g/mol. The summed E-state index contributed by atoms with van der Waals surface area (Å²) in [6.45, 7) is 16.9. The van der Waals surface area contributed by atoms with Crippen molar-refractivity contribution < 1.29 is 9.47 Å². The van der Waals surface area contributed by atoms with Crippen molar-refractivity contribution >= 4 is 0 Å². The second-order valence-electron chi connectivity index (χ2n) is 12.4. The Labute approximate surface area is 240 Å². The van der Waals surface area contributed by atoms with E-state index in [1.807, 2.05) is 0 Å². The van der Waals surface area contributed by atoms with Crippen LogP contribution in [0.15, 0.2) is 66.7 Å². The zero-order chi connectivity index (χ0) is 28.2. The monoisotopic (exact) mass is 530 g/mol. The van der Waals surface area contributed by atoms with Gasteiger partial charge in [-0.25, -0.2) is 0 Å². The SMILES string of the molecule is CCC(C)COc1cc2c(cc1OCC(C)CC)C1(c3cc(C)ccc3-c3ccc(C)cc31)c1cc(C)ccc1-2. The maximum Gasteiger partial charge on any atom is 0.161 e. The average Bonchev–Trinajstić information content (AvgIpc) is 3.38. The molecule has 0 bridgehead atoms. The third-order valence-electron chi connectivity index (χ3n) is 9.25. The molecule has 2 unspecified atom stereocenters. The molecule has 2 atom stereocenters. The van der Waals surface area contributed by atoms with E-state index >= 15 is 0 Å². The highest BCUT2D eigenvalue weighted by Gasteiger charge is 2.52. The number of aryl methyl sites for hydroxylation is 3. The predicted molar refractivity (Wildman–Crippen MR) is 167 cm³/mol. The van der Waals surface area contributed by atoms with Crippen LogP contribution in [0.1, 0.15) is 79.5 Å². The van der Waals surface area contributed by atoms with E-state index in [1.54, 1.807) is 0 Å². The molecule has 0 saturated heterocycles. The van der Waals surface area contributed by atoms with Gasteiger partial charge in [-0.1, -0.05) is 112 Å². The fourth-order valence-corrected chi connectivity index (χ4v) is 6.50. The predicted octanol–water partition coefficient (Wildman–Crippen LogP) is 9.81. The minimum atomic E-state index is -0.386. The fourth-order valence-electron chi connectivity index (χ4n) is 6.50. The highest BCUT2D eigenvalue weighted by atomic mass is 16.5. The molecule has 4 aromatic carbocycles. The van der Waals surface area contributed by atoms with E-state index in [4.69, 9.17) is 9.47 Å². The van der Waals surface area contributed by atoms with Gasteiger partial charge < -0.3 is 9.47 Å². The van der Waals surface area contributed by atoms with Crippen LogP contribution in [0.4, 0.5) is 0 Å². The van der Waals surface area contributed by atoms with Crippen molar-refractivity contribution in [1.29, 1.82) is 0 Å². The maximum atomic E-state index is 6.60. The summed E-state index contributed by atoms with van der Waals surface area (Å²) in [5, 5.41) is 0. The van der Waals surface area contributed by atoms with E-state index in [0.29, 0.717) is 25.0 Å². The Morgan fingerprint density at radius 3 is 1.32 bits per heavy atom. The first-order valence-electron chi connectivity index (χ1n) is 15.1. The minimum Gasteiger partial charge on any atom is -0.489 e. The first-order chi connectivity index (χ1) is 19.3. The lowest BCUT2D eigenvalue weighted by molar-refractivity contribution is 0.217. The van der Waals surface area contributed by atoms with Crippen LogP contribution in [0.2, 0.25) is 0 Å². The van der Waals surface area contributed by atoms with Crippen LogP contribution in [-0.2, 0) is 5.41 Å². The molecule has 0 fully saturated rings. The maximum absolute atomic E-state index is 6.60. The van der Waals surface area contributed by atoms with Gasteiger partial charge in [0.05, 0.1) is 18.6 Å². The Kier molecular flexibility index (Phi) is 6.77. The van der Waals surface area contributed by atoms with Gasteiger partial charge in [-0.2, -0.15) is 0 Å². The molecule has 2 aliphatic rings. The van der Waals surface area contributed by atoms with E-state index in [0.717, 1.165) is 24.3 Å². The van der Waals surface area contributed by atoms with Crippen LogP contribution in [-0.4, -0.2) is 13.2 Å². The number of hydrogen-bond acceptors (Lipinski definition) is 2. The molecular formula is C38H42O2. The first kappa shape index (κ1) is 26.7. The van der Waals surface area contributed by atoms with E-state index in [1.165, 1.54) is 61.2 Å². The van der Waals surface area contributed by atoms with Crippen LogP contribution < -0.4 is 9.47 Å². The van der Waals surface area contributed by atoms with Crippen LogP contribution in [0.25, 0.3) is 22.3 Å². The second-order valence-corrected chi connectivity index (χ2v) is 12.4. The standard InChI is InChI=1S/C38H42O2/c1-8-23(3)21-39-36-19-31-30-15-12-27(7)18-34(30)38(35(31)20-37(36)40-22-24(4)9-2)32-16-25(5)10-13-28(32)29-14-11-26(6)17-33(29)38/h10-20,23-24H,8-9,21-22H2,1-7H3. The summed E-state index contributed by atoms with van der Waals surface area (Å²) in [5.74, 6) is 2.68. The summed E-state index contributed by atoms with van der Waals surface area (Å²) in [7, 11) is 0. The van der Waals surface area contributed by atoms with Crippen molar-refractivity contribution in [3.8, 4) is 33.8 Å². The lowest BCUT2D eigenvalue weighted by atomic mass is 9.70. The number of rotatable bonds is 8. The molecule has 40 heavy (non-hydrogen) atoms. The molecule has 0 heterocycles. The van der Waals surface area contributed by atoms with Crippen molar-refractivity contribution in [2.24, 2.45) is 11.8 Å². The van der Waals surface area contributed by atoms with Crippen molar-refractivity contribution in [3.63, 3.8) is 0 Å². The molecule has 0 saturated carbocycles. The fraction of sp³-hybridized carbons (Fsp3) is 0.368. The number of hydrogen-bond donors (Lipinski definition) is 0. The van der Waals surface area contributed by atoms with Crippen LogP contribution in [0, 0.1) is 32.6 Å². The van der Waals surface area contributed by atoms with Gasteiger partial charge in [0, 0.05) is 0 Å². The van der Waals surface area contributed by atoms with Crippen LogP contribution in [0.5, 0.6) is 11.5 Å². The second kappa shape index (κ2) is 10.1. The van der Waals surface area contributed by atoms with Crippen molar-refractivity contribution in [2.45, 2.75) is 66.7 Å². The Hall–Kier alpha value is -3.52. The molecule has 206 valence electrons. The highest BCUT2D eigenvalue weighted by Crippen LogP contribution is 2.64. The van der Waals surface area contributed by atoms with E-state index in [2.05, 4.69) is 115 Å². The molecule has 0 radical (unpaired) electrons. The molecule has 0 N–H and O–H groups in total. The van der Waals surface area contributed by atoms with E-state index < -0.39 is 0 Å². The lowest BCUT2D eigenvalue weighted by Crippen LogP contribution is -2.26. The Balaban J connectivity index is 1.66. The smallest absolute Gasteiger partial charge is 0.161 e. The van der Waals surface area contributed by atoms with Crippen molar-refractivity contribution in [3.05, 3.63) is 106 Å². The lowest BCUT2D eigenvalue weighted by Gasteiger charge is -2.31. The molecule has 0 aliphatic heterocycles. The molecule has 4 aromatic rings. The summed E-state index contributed by atoms with van der Waals surface area (Å²) in [5.41, 5.74) is 14.1. The molecule has 0 amide bonds. The quantitative estimate of drug-likeness (QED) is 0.195. The van der Waals surface area contributed by atoms with Gasteiger partial charge in [-0.3, -0.25) is 0 Å². The Morgan fingerprint density at radius 2 is 0.900 bits per heavy atom. The first-order valence-corrected chi connectivity index (χ1v) is 15.1. The summed E-state index contributed by atoms with van der Waals surface area (Å²) < 4.78 is 13.1. The number of ether oxygens (including phenoxy) is 2. The summed E-state index contributed by atoms with van der Waals surface area (Å²) >= 11 is 0. The normalized spacial score (nSPS) is 15.3. The van der Waals surface area contributed by atoms with Crippen LogP contribution >= 0.6 is 0 Å². The third kappa shape index (κ3) is 4.07. The van der Waals surface area contributed by atoms with Gasteiger partial charge in [0.15, 0.2) is 11.5 Å². The topological polar surface area (TPSA) is 18.5 Å². The molecule has 2 nitrogen and oxygen atoms in total. The van der Waals surface area contributed by atoms with E-state index in [9.17, 15) is 0 Å². The Bertz CT molecular complexity index is 1540. The summed E-state index contributed by atoms with van der Waals surface area (Å²) in [6.07, 6.45) is 2.17. The van der Waals surface area contributed by atoms with Crippen molar-refractivity contribution in [2.75, 3.05) is 13.2 Å². The average molecular weight is 531 g/mol. The summed E-state index contributed by atoms with van der Waals surface area (Å²) in [6, 6.07) is 25.6. The molecule has 1 spiro atoms. The van der Waals surface area contributed by atoms with Crippen LogP contribution in [0.3, 0.4) is 0 Å². The van der Waals surface area contributed by atoms with Gasteiger partial charge in [0.25, 0.3) is 0 Å². The third-order valence-corrected chi connectivity index (χ3v) is 9.25. The number of benzene rings is 4. The molecule has 6 rings (SSSR count). The van der Waals surface area contributed by atoms with Gasteiger partial charge >= 0.3 is 0 Å². The van der Waals surface area contributed by atoms with Gasteiger partial charge in [-0.05, 0) is 89.2 Å². The number of fused-ring (bicyclic) bond motifs is 10. The molecule has 2 aliphatic carbocycles. The minimum absolute atomic E-state index is 0.386. The van der Waals surface area contributed by atoms with Gasteiger partial charge in [-0.15, -0.1) is 0 Å². The molecule has 0 aromatic heterocycles. The Morgan fingerprint density at radius 1 is 0.525 bits per heavy atom. The zero-order valence-electron chi connectivity index (χ0n) is 25.2. The zero-order valence-corrected chi connectivity index (χ0v) is 25.2. The largest absolute Gasteiger partial charge is 0.489 e. The van der Waals surface area contributed by atoms with Crippen molar-refractivity contribution in [1.82, 2.24) is 0 Å².